The lowest BCUT2D eigenvalue weighted by Gasteiger charge is -2.06. The van der Waals surface area contributed by atoms with Crippen molar-refractivity contribution in [2.24, 2.45) is 0 Å². The summed E-state index contributed by atoms with van der Waals surface area (Å²) >= 11 is 5.65. The minimum absolute atomic E-state index is 0.617. The van der Waals surface area contributed by atoms with Gasteiger partial charge in [-0.3, -0.25) is 0 Å². The van der Waals surface area contributed by atoms with Crippen LogP contribution in [0.5, 0.6) is 5.75 Å². The number of aromatic nitrogens is 1. The number of benzene rings is 1. The van der Waals surface area contributed by atoms with Crippen LogP contribution in [0.25, 0.3) is 11.3 Å². The molecule has 3 nitrogen and oxygen atoms in total. The Hall–Kier alpha value is -1.48. The lowest BCUT2D eigenvalue weighted by atomic mass is 10.1. The minimum Gasteiger partial charge on any atom is -0.496 e. The third kappa shape index (κ3) is 2.85. The Bertz CT molecular complexity index is 522. The molecule has 0 aliphatic heterocycles. The van der Waals surface area contributed by atoms with Crippen molar-refractivity contribution in [3.63, 3.8) is 0 Å². The first-order valence-corrected chi connectivity index (χ1v) is 6.43. The largest absolute Gasteiger partial charge is 0.496 e. The van der Waals surface area contributed by atoms with Gasteiger partial charge < -0.3 is 9.15 Å². The molecule has 0 aliphatic rings. The molecule has 0 saturated carbocycles. The molecule has 0 aliphatic carbocycles. The molecule has 0 spiro atoms. The summed E-state index contributed by atoms with van der Waals surface area (Å²) in [7, 11) is 1.65. The van der Waals surface area contributed by atoms with Gasteiger partial charge in [0.2, 0.25) is 0 Å². The highest BCUT2D eigenvalue weighted by Gasteiger charge is 2.11. The molecule has 0 atom stereocenters. The summed E-state index contributed by atoms with van der Waals surface area (Å²) in [5.41, 5.74) is 2.09. The van der Waals surface area contributed by atoms with E-state index in [9.17, 15) is 0 Å². The van der Waals surface area contributed by atoms with E-state index in [2.05, 4.69) is 4.98 Å². The van der Waals surface area contributed by atoms with Crippen molar-refractivity contribution < 1.29 is 9.15 Å². The van der Waals surface area contributed by atoms with E-state index in [-0.39, 0.29) is 0 Å². The molecular weight excluding hydrogens is 250 g/mol. The van der Waals surface area contributed by atoms with Gasteiger partial charge in [0.25, 0.3) is 0 Å². The molecule has 2 rings (SSSR count). The fourth-order valence-electron chi connectivity index (χ4n) is 1.78. The van der Waals surface area contributed by atoms with Crippen molar-refractivity contribution in [1.29, 1.82) is 0 Å². The van der Waals surface area contributed by atoms with Crippen molar-refractivity contribution in [1.82, 2.24) is 4.98 Å². The lowest BCUT2D eigenvalue weighted by Crippen LogP contribution is -1.88. The van der Waals surface area contributed by atoms with Crippen molar-refractivity contribution in [3.05, 3.63) is 35.9 Å². The quantitative estimate of drug-likeness (QED) is 0.771. The molecule has 0 bridgehead atoms. The van der Waals surface area contributed by atoms with E-state index in [1.54, 1.807) is 13.3 Å². The van der Waals surface area contributed by atoms with Crippen LogP contribution in [0.3, 0.4) is 0 Å². The first kappa shape index (κ1) is 13.0. The van der Waals surface area contributed by atoms with Gasteiger partial charge in [0.05, 0.1) is 18.9 Å². The van der Waals surface area contributed by atoms with Gasteiger partial charge in [-0.05, 0) is 25.5 Å². The van der Waals surface area contributed by atoms with Crippen molar-refractivity contribution in [2.75, 3.05) is 13.0 Å². The Morgan fingerprint density at radius 2 is 2.22 bits per heavy atom. The topological polar surface area (TPSA) is 35.3 Å². The molecule has 0 unspecified atom stereocenters. The number of hydrogen-bond acceptors (Lipinski definition) is 3. The number of alkyl halides is 1. The summed E-state index contributed by atoms with van der Waals surface area (Å²) in [6, 6.07) is 5.98. The molecule has 96 valence electrons. The van der Waals surface area contributed by atoms with Crippen LogP contribution < -0.4 is 4.74 Å². The van der Waals surface area contributed by atoms with Crippen LogP contribution in [-0.2, 0) is 6.42 Å². The molecule has 0 fully saturated rings. The van der Waals surface area contributed by atoms with Crippen molar-refractivity contribution in [2.45, 2.75) is 19.8 Å². The number of methoxy groups -OCH3 is 1. The number of rotatable bonds is 5. The van der Waals surface area contributed by atoms with Gasteiger partial charge in [-0.25, -0.2) is 4.98 Å². The van der Waals surface area contributed by atoms with E-state index in [1.165, 1.54) is 0 Å². The number of halogens is 1. The third-order valence-electron chi connectivity index (χ3n) is 2.70. The highest BCUT2D eigenvalue weighted by molar-refractivity contribution is 6.17. The van der Waals surface area contributed by atoms with E-state index in [4.69, 9.17) is 20.8 Å². The SMILES string of the molecule is COc1ccc(C)cc1-c1cnc(CCCCl)o1. The maximum absolute atomic E-state index is 5.72. The zero-order valence-electron chi connectivity index (χ0n) is 10.6. The van der Waals surface area contributed by atoms with E-state index in [1.807, 2.05) is 25.1 Å². The summed E-state index contributed by atoms with van der Waals surface area (Å²) in [4.78, 5) is 4.25. The van der Waals surface area contributed by atoms with Crippen LogP contribution in [-0.4, -0.2) is 18.0 Å². The standard InChI is InChI=1S/C14H16ClNO2/c1-10-5-6-12(17-2)11(8-10)13-9-16-14(18-13)4-3-7-15/h5-6,8-9H,3-4,7H2,1-2H3. The van der Waals surface area contributed by atoms with Gasteiger partial charge in [0.1, 0.15) is 5.75 Å². The first-order valence-electron chi connectivity index (χ1n) is 5.90. The zero-order chi connectivity index (χ0) is 13.0. The van der Waals surface area contributed by atoms with E-state index in [0.29, 0.717) is 11.8 Å². The molecule has 0 saturated heterocycles. The molecule has 0 N–H and O–H groups in total. The van der Waals surface area contributed by atoms with E-state index >= 15 is 0 Å². The maximum atomic E-state index is 5.72. The number of nitrogens with zero attached hydrogens (tertiary/aromatic N) is 1. The molecule has 2 aromatic rings. The fraction of sp³-hybridized carbons (Fsp3) is 0.357. The van der Waals surface area contributed by atoms with Crippen LogP contribution in [0.15, 0.2) is 28.8 Å². The summed E-state index contributed by atoms with van der Waals surface area (Å²) < 4.78 is 11.1. The summed E-state index contributed by atoms with van der Waals surface area (Å²) in [5.74, 6) is 2.86. The Labute approximate surface area is 112 Å². The highest BCUT2D eigenvalue weighted by Crippen LogP contribution is 2.31. The molecule has 4 heteroatoms. The molecular formula is C14H16ClNO2. The monoisotopic (exact) mass is 265 g/mol. The Morgan fingerprint density at radius 1 is 1.39 bits per heavy atom. The van der Waals surface area contributed by atoms with Gasteiger partial charge in [0, 0.05) is 12.3 Å². The summed E-state index contributed by atoms with van der Waals surface area (Å²) in [5, 5.41) is 0. The van der Waals surface area contributed by atoms with E-state index in [0.717, 1.165) is 35.5 Å². The molecule has 1 aromatic heterocycles. The smallest absolute Gasteiger partial charge is 0.194 e. The van der Waals surface area contributed by atoms with Gasteiger partial charge in [-0.15, -0.1) is 11.6 Å². The highest BCUT2D eigenvalue weighted by atomic mass is 35.5. The average Bonchev–Trinajstić information content (AvgIpc) is 2.85. The lowest BCUT2D eigenvalue weighted by molar-refractivity contribution is 0.413. The Morgan fingerprint density at radius 3 is 2.94 bits per heavy atom. The second-order valence-corrected chi connectivity index (χ2v) is 4.49. The number of aryl methyl sites for hydroxylation is 2. The zero-order valence-corrected chi connectivity index (χ0v) is 11.3. The Balaban J connectivity index is 2.30. The van der Waals surface area contributed by atoms with Crippen molar-refractivity contribution >= 4 is 11.6 Å². The second-order valence-electron chi connectivity index (χ2n) is 4.11. The fourth-order valence-corrected chi connectivity index (χ4v) is 1.92. The molecule has 0 radical (unpaired) electrons. The van der Waals surface area contributed by atoms with Crippen LogP contribution in [0, 0.1) is 6.92 Å². The number of oxazole rings is 1. The van der Waals surface area contributed by atoms with Crippen LogP contribution in [0.2, 0.25) is 0 Å². The Kier molecular flexibility index (Phi) is 4.26. The summed E-state index contributed by atoms with van der Waals surface area (Å²) in [6.07, 6.45) is 3.37. The average molecular weight is 266 g/mol. The van der Waals surface area contributed by atoms with Gasteiger partial charge >= 0.3 is 0 Å². The molecule has 18 heavy (non-hydrogen) atoms. The number of hydrogen-bond donors (Lipinski definition) is 0. The van der Waals surface area contributed by atoms with E-state index < -0.39 is 0 Å². The predicted octanol–water partition coefficient (Wildman–Crippen LogP) is 3.83. The minimum atomic E-state index is 0.617. The van der Waals surface area contributed by atoms with Gasteiger partial charge in [0.15, 0.2) is 11.7 Å². The van der Waals surface area contributed by atoms with Crippen molar-refractivity contribution in [3.8, 4) is 17.1 Å². The molecule has 0 amide bonds. The van der Waals surface area contributed by atoms with Crippen LogP contribution in [0.4, 0.5) is 0 Å². The van der Waals surface area contributed by atoms with Gasteiger partial charge in [-0.1, -0.05) is 11.6 Å². The second kappa shape index (κ2) is 5.91. The normalized spacial score (nSPS) is 10.6. The predicted molar refractivity (Wildman–Crippen MR) is 72.3 cm³/mol. The third-order valence-corrected chi connectivity index (χ3v) is 2.97. The number of ether oxygens (including phenoxy) is 1. The van der Waals surface area contributed by atoms with Gasteiger partial charge in [-0.2, -0.15) is 0 Å². The molecule has 1 aromatic carbocycles. The van der Waals surface area contributed by atoms with Crippen LogP contribution in [0.1, 0.15) is 17.9 Å². The summed E-state index contributed by atoms with van der Waals surface area (Å²) in [6.45, 7) is 2.04. The first-order chi connectivity index (χ1) is 8.74. The molecule has 1 heterocycles. The maximum Gasteiger partial charge on any atom is 0.194 e. The van der Waals surface area contributed by atoms with Crippen LogP contribution >= 0.6 is 11.6 Å².